The summed E-state index contributed by atoms with van der Waals surface area (Å²) in [5.74, 6) is 0.756. The maximum Gasteiger partial charge on any atom is 0.0642 e. The number of anilines is 1. The van der Waals surface area contributed by atoms with Gasteiger partial charge in [-0.25, -0.2) is 0 Å². The average Bonchev–Trinajstić information content (AvgIpc) is 2.45. The van der Waals surface area contributed by atoms with Gasteiger partial charge in [0.15, 0.2) is 0 Å². The van der Waals surface area contributed by atoms with Crippen LogP contribution < -0.4 is 10.2 Å². The van der Waals surface area contributed by atoms with Gasteiger partial charge in [0.25, 0.3) is 0 Å². The van der Waals surface area contributed by atoms with Gasteiger partial charge in [0, 0.05) is 19.6 Å². The first kappa shape index (κ1) is 15.7. The van der Waals surface area contributed by atoms with Gasteiger partial charge in [-0.2, -0.15) is 0 Å². The van der Waals surface area contributed by atoms with Crippen molar-refractivity contribution in [3.05, 3.63) is 28.8 Å². The van der Waals surface area contributed by atoms with Crippen LogP contribution in [0.25, 0.3) is 0 Å². The van der Waals surface area contributed by atoms with Crippen LogP contribution >= 0.6 is 11.6 Å². The Morgan fingerprint density at radius 3 is 2.70 bits per heavy atom. The molecule has 1 fully saturated rings. The Morgan fingerprint density at radius 2 is 2.05 bits per heavy atom. The van der Waals surface area contributed by atoms with Crippen LogP contribution in [0.3, 0.4) is 0 Å². The van der Waals surface area contributed by atoms with E-state index < -0.39 is 0 Å². The predicted molar refractivity (Wildman–Crippen MR) is 88.7 cm³/mol. The van der Waals surface area contributed by atoms with Crippen LogP contribution in [0.2, 0.25) is 5.02 Å². The molecule has 0 saturated heterocycles. The first-order valence-electron chi connectivity index (χ1n) is 7.85. The van der Waals surface area contributed by atoms with Gasteiger partial charge >= 0.3 is 0 Å². The van der Waals surface area contributed by atoms with Crippen molar-refractivity contribution in [2.45, 2.75) is 52.1 Å². The second kappa shape index (κ2) is 7.33. The lowest BCUT2D eigenvalue weighted by atomic mass is 9.85. The minimum Gasteiger partial charge on any atom is -0.370 e. The average molecular weight is 295 g/mol. The van der Waals surface area contributed by atoms with Crippen molar-refractivity contribution in [2.75, 3.05) is 18.5 Å². The van der Waals surface area contributed by atoms with Crippen molar-refractivity contribution in [1.82, 2.24) is 5.32 Å². The third-order valence-electron chi connectivity index (χ3n) is 4.53. The zero-order valence-electron chi connectivity index (χ0n) is 13.0. The molecule has 0 bridgehead atoms. The molecule has 1 aromatic rings. The molecule has 0 spiro atoms. The third kappa shape index (κ3) is 3.67. The molecule has 1 aromatic carbocycles. The number of nitrogens with one attached hydrogen (secondary N) is 1. The van der Waals surface area contributed by atoms with Crippen LogP contribution in [0.15, 0.2) is 18.2 Å². The first-order chi connectivity index (χ1) is 9.63. The van der Waals surface area contributed by atoms with Crippen molar-refractivity contribution >= 4 is 17.3 Å². The fourth-order valence-corrected chi connectivity index (χ4v) is 3.60. The zero-order valence-corrected chi connectivity index (χ0v) is 13.7. The highest BCUT2D eigenvalue weighted by Crippen LogP contribution is 2.34. The maximum absolute atomic E-state index is 6.50. The molecule has 2 rings (SSSR count). The molecule has 20 heavy (non-hydrogen) atoms. The number of hydrogen-bond acceptors (Lipinski definition) is 2. The summed E-state index contributed by atoms with van der Waals surface area (Å²) in [4.78, 5) is 2.39. The second-order valence-corrected chi connectivity index (χ2v) is 6.41. The van der Waals surface area contributed by atoms with E-state index in [4.69, 9.17) is 11.6 Å². The Balaban J connectivity index is 2.11. The predicted octanol–water partition coefficient (Wildman–Crippen LogP) is 4.46. The number of rotatable bonds is 5. The lowest BCUT2D eigenvalue weighted by Crippen LogP contribution is -2.39. The molecular formula is C17H27ClN2. The van der Waals surface area contributed by atoms with Crippen molar-refractivity contribution in [3.63, 3.8) is 0 Å². The molecule has 0 amide bonds. The van der Waals surface area contributed by atoms with Gasteiger partial charge in [-0.1, -0.05) is 44.4 Å². The standard InChI is InChI=1S/C17H27ClN2/c1-4-19-12-14-9-10-17(15(18)11-14)20(3)16-8-6-5-7-13(16)2/h9-11,13,16,19H,4-8,12H2,1-3H3. The highest BCUT2D eigenvalue weighted by Gasteiger charge is 2.26. The molecule has 1 saturated carbocycles. The summed E-state index contributed by atoms with van der Waals surface area (Å²) in [6, 6.07) is 7.09. The first-order valence-corrected chi connectivity index (χ1v) is 8.23. The fourth-order valence-electron chi connectivity index (χ4n) is 3.27. The van der Waals surface area contributed by atoms with Crippen LogP contribution in [-0.4, -0.2) is 19.6 Å². The lowest BCUT2D eigenvalue weighted by Gasteiger charge is -2.38. The quantitative estimate of drug-likeness (QED) is 0.862. The molecule has 0 heterocycles. The Hall–Kier alpha value is -0.730. The van der Waals surface area contributed by atoms with E-state index in [-0.39, 0.29) is 0 Å². The summed E-state index contributed by atoms with van der Waals surface area (Å²) < 4.78 is 0. The third-order valence-corrected chi connectivity index (χ3v) is 4.84. The molecule has 0 radical (unpaired) electrons. The van der Waals surface area contributed by atoms with E-state index in [1.807, 2.05) is 0 Å². The molecule has 2 nitrogen and oxygen atoms in total. The summed E-state index contributed by atoms with van der Waals surface area (Å²) >= 11 is 6.50. The molecule has 3 heteroatoms. The van der Waals surface area contributed by atoms with Crippen LogP contribution in [0.4, 0.5) is 5.69 Å². The van der Waals surface area contributed by atoms with E-state index in [0.717, 1.165) is 24.0 Å². The second-order valence-electron chi connectivity index (χ2n) is 6.01. The molecule has 2 unspecified atom stereocenters. The van der Waals surface area contributed by atoms with Crippen molar-refractivity contribution < 1.29 is 0 Å². The van der Waals surface area contributed by atoms with E-state index in [1.54, 1.807) is 0 Å². The Labute approximate surface area is 128 Å². The minimum atomic E-state index is 0.626. The van der Waals surface area contributed by atoms with Crippen molar-refractivity contribution in [2.24, 2.45) is 5.92 Å². The van der Waals surface area contributed by atoms with E-state index in [0.29, 0.717) is 6.04 Å². The number of halogens is 1. The molecule has 112 valence electrons. The van der Waals surface area contributed by atoms with Crippen molar-refractivity contribution in [1.29, 1.82) is 0 Å². The van der Waals surface area contributed by atoms with E-state index in [1.165, 1.54) is 36.9 Å². The lowest BCUT2D eigenvalue weighted by molar-refractivity contribution is 0.321. The summed E-state index contributed by atoms with van der Waals surface area (Å²) in [6.45, 7) is 6.36. The van der Waals surface area contributed by atoms with Gasteiger partial charge in [-0.15, -0.1) is 0 Å². The topological polar surface area (TPSA) is 15.3 Å². The number of hydrogen-bond donors (Lipinski definition) is 1. The van der Waals surface area contributed by atoms with Crippen LogP contribution in [0, 0.1) is 5.92 Å². The molecule has 2 atom stereocenters. The van der Waals surface area contributed by atoms with Crippen LogP contribution in [-0.2, 0) is 6.54 Å². The molecule has 0 aromatic heterocycles. The zero-order chi connectivity index (χ0) is 14.5. The largest absolute Gasteiger partial charge is 0.370 e. The smallest absolute Gasteiger partial charge is 0.0642 e. The van der Waals surface area contributed by atoms with Gasteiger partial charge in [-0.05, 0) is 43.0 Å². The summed E-state index contributed by atoms with van der Waals surface area (Å²) in [5.41, 5.74) is 2.43. The molecule has 0 aliphatic heterocycles. The molecule has 1 aliphatic rings. The molecule has 1 aliphatic carbocycles. The van der Waals surface area contributed by atoms with E-state index in [9.17, 15) is 0 Å². The number of nitrogens with zero attached hydrogens (tertiary/aromatic N) is 1. The van der Waals surface area contributed by atoms with Crippen LogP contribution in [0.1, 0.15) is 45.1 Å². The van der Waals surface area contributed by atoms with Crippen LogP contribution in [0.5, 0.6) is 0 Å². The van der Waals surface area contributed by atoms with Gasteiger partial charge in [0.05, 0.1) is 10.7 Å². The monoisotopic (exact) mass is 294 g/mol. The highest BCUT2D eigenvalue weighted by molar-refractivity contribution is 6.33. The SMILES string of the molecule is CCNCc1ccc(N(C)C2CCCCC2C)c(Cl)c1. The Bertz CT molecular complexity index is 433. The normalized spacial score (nSPS) is 22.8. The molecule has 1 N–H and O–H groups in total. The van der Waals surface area contributed by atoms with Crippen molar-refractivity contribution in [3.8, 4) is 0 Å². The maximum atomic E-state index is 6.50. The van der Waals surface area contributed by atoms with E-state index in [2.05, 4.69) is 49.3 Å². The van der Waals surface area contributed by atoms with Gasteiger partial charge in [0.2, 0.25) is 0 Å². The fraction of sp³-hybridized carbons (Fsp3) is 0.647. The highest BCUT2D eigenvalue weighted by atomic mass is 35.5. The van der Waals surface area contributed by atoms with E-state index >= 15 is 0 Å². The summed E-state index contributed by atoms with van der Waals surface area (Å²) in [7, 11) is 2.19. The molecular weight excluding hydrogens is 268 g/mol. The Kier molecular flexibility index (Phi) is 5.74. The van der Waals surface area contributed by atoms with Gasteiger partial charge < -0.3 is 10.2 Å². The number of benzene rings is 1. The summed E-state index contributed by atoms with van der Waals surface area (Å²) in [6.07, 6.45) is 5.34. The van der Waals surface area contributed by atoms with Gasteiger partial charge in [0.1, 0.15) is 0 Å². The Morgan fingerprint density at radius 1 is 1.30 bits per heavy atom. The minimum absolute atomic E-state index is 0.626. The summed E-state index contributed by atoms with van der Waals surface area (Å²) in [5, 5.41) is 4.21. The van der Waals surface area contributed by atoms with Gasteiger partial charge in [-0.3, -0.25) is 0 Å².